The van der Waals surface area contributed by atoms with Crippen LogP contribution in [0.15, 0.2) is 17.4 Å². The van der Waals surface area contributed by atoms with E-state index in [-0.39, 0.29) is 11.9 Å². The maximum absolute atomic E-state index is 12.0. The summed E-state index contributed by atoms with van der Waals surface area (Å²) in [6, 6.07) is 2.00. The number of aromatic nitrogens is 3. The molecule has 1 amide bonds. The van der Waals surface area contributed by atoms with Gasteiger partial charge in [-0.15, -0.1) is 0 Å². The molecule has 2 aromatic heterocycles. The van der Waals surface area contributed by atoms with Crippen LogP contribution in [0.2, 0.25) is 5.02 Å². The number of unbranched alkanes of at least 4 members (excludes halogenated alkanes) is 3. The summed E-state index contributed by atoms with van der Waals surface area (Å²) >= 11 is 7.27. The molecule has 0 unspecified atom stereocenters. The molecule has 0 spiro atoms. The molecule has 7 heteroatoms. The average molecular weight is 355 g/mol. The van der Waals surface area contributed by atoms with E-state index in [4.69, 9.17) is 11.6 Å². The molecular formula is C16H23ClN4OS. The number of nitrogens with zero attached hydrogens (tertiary/aromatic N) is 2. The Hall–Kier alpha value is -1.27. The highest BCUT2D eigenvalue weighted by Gasteiger charge is 2.10. The van der Waals surface area contributed by atoms with Gasteiger partial charge in [0.15, 0.2) is 10.8 Å². The fourth-order valence-corrected chi connectivity index (χ4v) is 3.16. The predicted octanol–water partition coefficient (Wildman–Crippen LogP) is 4.18. The first-order valence-corrected chi connectivity index (χ1v) is 9.38. The Labute approximate surface area is 146 Å². The summed E-state index contributed by atoms with van der Waals surface area (Å²) in [7, 11) is 0. The van der Waals surface area contributed by atoms with E-state index in [2.05, 4.69) is 34.1 Å². The fourth-order valence-electron chi connectivity index (χ4n) is 2.32. The Morgan fingerprint density at radius 3 is 3.04 bits per heavy atom. The van der Waals surface area contributed by atoms with Crippen LogP contribution >= 0.6 is 23.4 Å². The summed E-state index contributed by atoms with van der Waals surface area (Å²) in [6.45, 7) is 4.26. The molecule has 5 nitrogen and oxygen atoms in total. The van der Waals surface area contributed by atoms with Gasteiger partial charge in [-0.1, -0.05) is 56.0 Å². The number of halogens is 1. The van der Waals surface area contributed by atoms with Crippen molar-refractivity contribution in [2.24, 2.45) is 0 Å². The lowest BCUT2D eigenvalue weighted by Gasteiger charge is -2.13. The minimum absolute atomic E-state index is 0.0319. The summed E-state index contributed by atoms with van der Waals surface area (Å²) in [6.07, 6.45) is 7.49. The molecule has 0 aliphatic heterocycles. The van der Waals surface area contributed by atoms with Gasteiger partial charge in [-0.3, -0.25) is 4.79 Å². The zero-order valence-corrected chi connectivity index (χ0v) is 15.1. The number of rotatable bonds is 9. The van der Waals surface area contributed by atoms with E-state index in [1.165, 1.54) is 37.4 Å². The zero-order valence-electron chi connectivity index (χ0n) is 13.6. The molecule has 0 aromatic carbocycles. The van der Waals surface area contributed by atoms with E-state index < -0.39 is 0 Å². The number of carbonyl (C=O) groups excluding carboxylic acids is 1. The molecule has 0 saturated carbocycles. The standard InChI is InChI=1S/C16H23ClN4OS/c1-3-4-5-6-7-11(2)19-14(22)10-23-16-20-13-8-12(17)9-18-15(13)21-16/h8-9,11H,3-7,10H2,1-2H3,(H,19,22)(H,18,20,21)/t11-/m0/s1. The zero-order chi connectivity index (χ0) is 16.7. The summed E-state index contributed by atoms with van der Waals surface area (Å²) in [5.74, 6) is 0.372. The predicted molar refractivity (Wildman–Crippen MR) is 96.0 cm³/mol. The number of thioether (sulfide) groups is 1. The van der Waals surface area contributed by atoms with Gasteiger partial charge in [0, 0.05) is 12.2 Å². The fraction of sp³-hybridized carbons (Fsp3) is 0.562. The van der Waals surface area contributed by atoms with Crippen LogP contribution in [-0.2, 0) is 4.79 Å². The Morgan fingerprint density at radius 2 is 2.26 bits per heavy atom. The number of hydrogen-bond acceptors (Lipinski definition) is 4. The van der Waals surface area contributed by atoms with Crippen molar-refractivity contribution in [3.63, 3.8) is 0 Å². The number of H-pyrrole nitrogens is 1. The van der Waals surface area contributed by atoms with E-state index in [0.29, 0.717) is 21.6 Å². The van der Waals surface area contributed by atoms with Gasteiger partial charge in [-0.25, -0.2) is 9.97 Å². The topological polar surface area (TPSA) is 70.7 Å². The maximum Gasteiger partial charge on any atom is 0.230 e. The molecule has 0 aliphatic rings. The van der Waals surface area contributed by atoms with Crippen molar-refractivity contribution in [3.8, 4) is 0 Å². The average Bonchev–Trinajstić information content (AvgIpc) is 2.91. The van der Waals surface area contributed by atoms with Crippen molar-refractivity contribution in [1.29, 1.82) is 0 Å². The van der Waals surface area contributed by atoms with Gasteiger partial charge in [0.05, 0.1) is 16.3 Å². The number of carbonyl (C=O) groups is 1. The first kappa shape index (κ1) is 18.1. The molecule has 2 heterocycles. The molecule has 1 atom stereocenters. The second kappa shape index (κ2) is 9.13. The molecule has 23 heavy (non-hydrogen) atoms. The Morgan fingerprint density at radius 1 is 1.43 bits per heavy atom. The van der Waals surface area contributed by atoms with Crippen molar-refractivity contribution in [1.82, 2.24) is 20.3 Å². The second-order valence-corrected chi connectivity index (χ2v) is 7.07. The number of fused-ring (bicyclic) bond motifs is 1. The number of amides is 1. The van der Waals surface area contributed by atoms with Gasteiger partial charge >= 0.3 is 0 Å². The summed E-state index contributed by atoms with van der Waals surface area (Å²) in [5, 5.41) is 4.28. The lowest BCUT2D eigenvalue weighted by atomic mass is 10.1. The van der Waals surface area contributed by atoms with Crippen LogP contribution in [0, 0.1) is 0 Å². The van der Waals surface area contributed by atoms with E-state index >= 15 is 0 Å². The van der Waals surface area contributed by atoms with Crippen LogP contribution in [0.5, 0.6) is 0 Å². The van der Waals surface area contributed by atoms with Crippen LogP contribution in [0.4, 0.5) is 0 Å². The number of aromatic amines is 1. The van der Waals surface area contributed by atoms with Crippen LogP contribution in [0.3, 0.4) is 0 Å². The van der Waals surface area contributed by atoms with Crippen LogP contribution in [0.25, 0.3) is 11.2 Å². The highest BCUT2D eigenvalue weighted by atomic mass is 35.5. The summed E-state index contributed by atoms with van der Waals surface area (Å²) < 4.78 is 0. The SMILES string of the molecule is CCCCCC[C@H](C)NC(=O)CSc1nc2ncc(Cl)cc2[nH]1. The third kappa shape index (κ3) is 6.03. The number of pyridine rings is 1. The molecule has 0 aliphatic carbocycles. The molecule has 2 rings (SSSR count). The smallest absolute Gasteiger partial charge is 0.230 e. The lowest BCUT2D eigenvalue weighted by molar-refractivity contribution is -0.119. The molecule has 0 saturated heterocycles. The van der Waals surface area contributed by atoms with E-state index in [0.717, 1.165) is 11.9 Å². The second-order valence-electron chi connectivity index (χ2n) is 5.67. The van der Waals surface area contributed by atoms with E-state index in [9.17, 15) is 4.79 Å². The third-order valence-electron chi connectivity index (χ3n) is 3.52. The number of hydrogen-bond donors (Lipinski definition) is 2. The quantitative estimate of drug-likeness (QED) is 0.523. The van der Waals surface area contributed by atoms with Gasteiger partial charge in [0.2, 0.25) is 5.91 Å². The summed E-state index contributed by atoms with van der Waals surface area (Å²) in [5.41, 5.74) is 1.39. The van der Waals surface area contributed by atoms with Crippen LogP contribution in [-0.4, -0.2) is 32.7 Å². The Balaban J connectivity index is 1.74. The third-order valence-corrected chi connectivity index (χ3v) is 4.60. The van der Waals surface area contributed by atoms with Crippen molar-refractivity contribution >= 4 is 40.4 Å². The van der Waals surface area contributed by atoms with Crippen molar-refractivity contribution in [3.05, 3.63) is 17.3 Å². The molecule has 0 radical (unpaired) electrons. The normalized spacial score (nSPS) is 12.5. The molecule has 0 fully saturated rings. The highest BCUT2D eigenvalue weighted by molar-refractivity contribution is 7.99. The molecule has 2 aromatic rings. The van der Waals surface area contributed by atoms with Gasteiger partial charge in [-0.2, -0.15) is 0 Å². The lowest BCUT2D eigenvalue weighted by Crippen LogP contribution is -2.33. The first-order chi connectivity index (χ1) is 11.1. The highest BCUT2D eigenvalue weighted by Crippen LogP contribution is 2.20. The van der Waals surface area contributed by atoms with Crippen LogP contribution in [0.1, 0.15) is 46.0 Å². The van der Waals surface area contributed by atoms with Gasteiger partial charge in [0.1, 0.15) is 0 Å². The van der Waals surface area contributed by atoms with Crippen molar-refractivity contribution in [2.75, 3.05) is 5.75 Å². The van der Waals surface area contributed by atoms with Gasteiger partial charge in [0.25, 0.3) is 0 Å². The summed E-state index contributed by atoms with van der Waals surface area (Å²) in [4.78, 5) is 23.6. The first-order valence-electron chi connectivity index (χ1n) is 8.02. The maximum atomic E-state index is 12.0. The molecule has 0 bridgehead atoms. The number of nitrogens with one attached hydrogen (secondary N) is 2. The van der Waals surface area contributed by atoms with Crippen molar-refractivity contribution < 1.29 is 4.79 Å². The minimum atomic E-state index is 0.0319. The molecular weight excluding hydrogens is 332 g/mol. The van der Waals surface area contributed by atoms with Crippen LogP contribution < -0.4 is 5.32 Å². The van der Waals surface area contributed by atoms with Gasteiger partial charge in [-0.05, 0) is 19.4 Å². The van der Waals surface area contributed by atoms with E-state index in [1.807, 2.05) is 0 Å². The molecule has 2 N–H and O–H groups in total. The largest absolute Gasteiger partial charge is 0.353 e. The molecule has 126 valence electrons. The van der Waals surface area contributed by atoms with Gasteiger partial charge < -0.3 is 10.3 Å². The monoisotopic (exact) mass is 354 g/mol. The van der Waals surface area contributed by atoms with Crippen molar-refractivity contribution in [2.45, 2.75) is 57.1 Å². The number of imidazole rings is 1. The Bertz CT molecular complexity index is 646. The Kier molecular flexibility index (Phi) is 7.17. The van der Waals surface area contributed by atoms with E-state index in [1.54, 1.807) is 12.3 Å². The minimum Gasteiger partial charge on any atom is -0.353 e.